The van der Waals surface area contributed by atoms with E-state index >= 15 is 0 Å². The molecular formula is C22H34N4O2. The summed E-state index contributed by atoms with van der Waals surface area (Å²) in [5.41, 5.74) is 1.10. The van der Waals surface area contributed by atoms with Gasteiger partial charge in [0.2, 0.25) is 11.8 Å². The van der Waals surface area contributed by atoms with Crippen molar-refractivity contribution in [2.24, 2.45) is 11.8 Å². The van der Waals surface area contributed by atoms with E-state index in [0.29, 0.717) is 12.4 Å². The van der Waals surface area contributed by atoms with Gasteiger partial charge in [-0.25, -0.2) is 0 Å². The van der Waals surface area contributed by atoms with E-state index in [1.54, 1.807) is 0 Å². The number of carbonyl (C=O) groups excluding carboxylic acids is 2. The highest BCUT2D eigenvalue weighted by Gasteiger charge is 2.37. The van der Waals surface area contributed by atoms with Crippen LogP contribution in [0.4, 0.5) is 5.82 Å². The number of hydrogen-bond acceptors (Lipinski definition) is 3. The van der Waals surface area contributed by atoms with E-state index in [1.165, 1.54) is 38.5 Å². The van der Waals surface area contributed by atoms with Gasteiger partial charge in [0.05, 0.1) is 0 Å². The van der Waals surface area contributed by atoms with Crippen molar-refractivity contribution >= 4 is 17.6 Å². The van der Waals surface area contributed by atoms with Gasteiger partial charge in [0.25, 0.3) is 0 Å². The summed E-state index contributed by atoms with van der Waals surface area (Å²) < 4.78 is 0. The van der Waals surface area contributed by atoms with E-state index in [-0.39, 0.29) is 23.8 Å². The van der Waals surface area contributed by atoms with Crippen molar-refractivity contribution in [3.8, 4) is 0 Å². The van der Waals surface area contributed by atoms with Crippen LogP contribution < -0.4 is 5.32 Å². The molecule has 0 radical (unpaired) electrons. The zero-order valence-electron chi connectivity index (χ0n) is 16.9. The van der Waals surface area contributed by atoms with Gasteiger partial charge in [0.1, 0.15) is 6.04 Å². The summed E-state index contributed by atoms with van der Waals surface area (Å²) in [6, 6.07) is 1.63. The number of likely N-dealkylation sites (tertiary alicyclic amines) is 1. The first-order valence-corrected chi connectivity index (χ1v) is 11.4. The lowest BCUT2D eigenvalue weighted by Gasteiger charge is -2.29. The Morgan fingerprint density at radius 2 is 1.71 bits per heavy atom. The van der Waals surface area contributed by atoms with E-state index in [4.69, 9.17) is 0 Å². The molecule has 2 N–H and O–H groups in total. The van der Waals surface area contributed by atoms with Crippen molar-refractivity contribution in [3.63, 3.8) is 0 Å². The molecule has 2 saturated carbocycles. The normalized spacial score (nSPS) is 24.4. The molecule has 28 heavy (non-hydrogen) atoms. The highest BCUT2D eigenvalue weighted by atomic mass is 16.2. The molecular weight excluding hydrogens is 352 g/mol. The van der Waals surface area contributed by atoms with Crippen molar-refractivity contribution in [1.29, 1.82) is 0 Å². The third-order valence-corrected chi connectivity index (χ3v) is 6.91. The Bertz CT molecular complexity index is 674. The zero-order chi connectivity index (χ0) is 19.3. The molecule has 3 aliphatic rings. The summed E-state index contributed by atoms with van der Waals surface area (Å²) in [4.78, 5) is 27.6. The van der Waals surface area contributed by atoms with Gasteiger partial charge < -0.3 is 10.2 Å². The molecule has 4 rings (SSSR count). The Morgan fingerprint density at radius 3 is 2.46 bits per heavy atom. The van der Waals surface area contributed by atoms with Crippen LogP contribution in [-0.4, -0.2) is 39.5 Å². The fourth-order valence-electron chi connectivity index (χ4n) is 5.33. The molecule has 6 nitrogen and oxygen atoms in total. The number of H-pyrrole nitrogens is 1. The molecule has 1 aromatic heterocycles. The van der Waals surface area contributed by atoms with Crippen LogP contribution in [0.15, 0.2) is 6.07 Å². The maximum atomic E-state index is 12.9. The minimum atomic E-state index is -0.340. The van der Waals surface area contributed by atoms with Gasteiger partial charge in [0, 0.05) is 24.2 Å². The minimum absolute atomic E-state index is 0.0858. The largest absolute Gasteiger partial charge is 0.330 e. The van der Waals surface area contributed by atoms with E-state index in [1.807, 2.05) is 11.0 Å². The molecule has 2 aliphatic carbocycles. The topological polar surface area (TPSA) is 78.1 Å². The standard InChI is InChI=1S/C22H34N4O2/c27-21(19-12-7-13-26(19)22(28)17-10-5-2-6-11-17)23-20-15-18(24-25-20)14-16-8-3-1-4-9-16/h15-17,19H,1-14H2,(H2,23,24,25,27). The average molecular weight is 387 g/mol. The molecule has 3 fully saturated rings. The number of nitrogens with zero attached hydrogens (tertiary/aromatic N) is 2. The van der Waals surface area contributed by atoms with Crippen LogP contribution in [0.2, 0.25) is 0 Å². The third kappa shape index (κ3) is 4.58. The van der Waals surface area contributed by atoms with Gasteiger partial charge in [-0.15, -0.1) is 0 Å². The maximum Gasteiger partial charge on any atom is 0.248 e. The van der Waals surface area contributed by atoms with Crippen molar-refractivity contribution in [3.05, 3.63) is 11.8 Å². The second-order valence-electron chi connectivity index (χ2n) is 9.00. The molecule has 2 amide bonds. The van der Waals surface area contributed by atoms with E-state index in [9.17, 15) is 9.59 Å². The number of carbonyl (C=O) groups is 2. The number of aromatic amines is 1. The molecule has 6 heteroatoms. The van der Waals surface area contributed by atoms with Crippen LogP contribution in [0.1, 0.15) is 82.7 Å². The van der Waals surface area contributed by atoms with Gasteiger partial charge in [-0.05, 0) is 38.0 Å². The fraction of sp³-hybridized carbons (Fsp3) is 0.773. The first-order valence-electron chi connectivity index (χ1n) is 11.4. The van der Waals surface area contributed by atoms with Crippen molar-refractivity contribution in [1.82, 2.24) is 15.1 Å². The molecule has 1 aliphatic heterocycles. The first kappa shape index (κ1) is 19.5. The first-order chi connectivity index (χ1) is 13.7. The molecule has 0 aromatic carbocycles. The Kier molecular flexibility index (Phi) is 6.33. The Balaban J connectivity index is 1.33. The third-order valence-electron chi connectivity index (χ3n) is 6.91. The fourth-order valence-corrected chi connectivity index (χ4v) is 5.33. The van der Waals surface area contributed by atoms with Gasteiger partial charge in [0.15, 0.2) is 5.82 Å². The summed E-state index contributed by atoms with van der Waals surface area (Å²) in [6.07, 6.45) is 14.7. The summed E-state index contributed by atoms with van der Waals surface area (Å²) in [6.45, 7) is 0.709. The van der Waals surface area contributed by atoms with E-state index in [2.05, 4.69) is 15.5 Å². The lowest BCUT2D eigenvalue weighted by molar-refractivity contribution is -0.141. The Hall–Kier alpha value is -1.85. The Labute approximate surface area is 167 Å². The number of anilines is 1. The van der Waals surface area contributed by atoms with Crippen LogP contribution in [0.5, 0.6) is 0 Å². The van der Waals surface area contributed by atoms with Crippen molar-refractivity contribution in [2.75, 3.05) is 11.9 Å². The summed E-state index contributed by atoms with van der Waals surface area (Å²) in [5, 5.41) is 10.3. The molecule has 1 atom stereocenters. The molecule has 1 unspecified atom stereocenters. The van der Waals surface area contributed by atoms with E-state index < -0.39 is 0 Å². The second kappa shape index (κ2) is 9.10. The van der Waals surface area contributed by atoms with Crippen LogP contribution in [0.25, 0.3) is 0 Å². The molecule has 0 bridgehead atoms. The number of nitrogens with one attached hydrogen (secondary N) is 2. The van der Waals surface area contributed by atoms with Crippen LogP contribution in [-0.2, 0) is 16.0 Å². The number of aromatic nitrogens is 2. The molecule has 154 valence electrons. The van der Waals surface area contributed by atoms with Crippen molar-refractivity contribution in [2.45, 2.75) is 89.5 Å². The van der Waals surface area contributed by atoms with Gasteiger partial charge >= 0.3 is 0 Å². The number of hydrogen-bond donors (Lipinski definition) is 2. The minimum Gasteiger partial charge on any atom is -0.330 e. The van der Waals surface area contributed by atoms with E-state index in [0.717, 1.165) is 56.6 Å². The second-order valence-corrected chi connectivity index (χ2v) is 9.00. The van der Waals surface area contributed by atoms with Gasteiger partial charge in [-0.2, -0.15) is 5.10 Å². The monoisotopic (exact) mass is 386 g/mol. The molecule has 2 heterocycles. The zero-order valence-corrected chi connectivity index (χ0v) is 16.9. The highest BCUT2D eigenvalue weighted by Crippen LogP contribution is 2.30. The lowest BCUT2D eigenvalue weighted by atomic mass is 9.86. The van der Waals surface area contributed by atoms with Gasteiger partial charge in [-0.1, -0.05) is 51.4 Å². The number of rotatable bonds is 5. The predicted molar refractivity (Wildman–Crippen MR) is 109 cm³/mol. The summed E-state index contributed by atoms with van der Waals surface area (Å²) in [7, 11) is 0. The van der Waals surface area contributed by atoms with Crippen molar-refractivity contribution < 1.29 is 9.59 Å². The SMILES string of the molecule is O=C(Nc1cc(CC2CCCCC2)[nH]n1)C1CCCN1C(=O)C1CCCCC1. The smallest absolute Gasteiger partial charge is 0.248 e. The van der Waals surface area contributed by atoms with Gasteiger partial charge in [-0.3, -0.25) is 14.7 Å². The van der Waals surface area contributed by atoms with Crippen LogP contribution >= 0.6 is 0 Å². The average Bonchev–Trinajstić information content (AvgIpc) is 3.38. The quantitative estimate of drug-likeness (QED) is 0.801. The highest BCUT2D eigenvalue weighted by molar-refractivity contribution is 5.97. The Morgan fingerprint density at radius 1 is 1.00 bits per heavy atom. The maximum absolute atomic E-state index is 12.9. The molecule has 1 aromatic rings. The molecule has 0 spiro atoms. The summed E-state index contributed by atoms with van der Waals surface area (Å²) in [5.74, 6) is 1.55. The lowest BCUT2D eigenvalue weighted by Crippen LogP contribution is -2.46. The van der Waals surface area contributed by atoms with Crippen LogP contribution in [0.3, 0.4) is 0 Å². The summed E-state index contributed by atoms with van der Waals surface area (Å²) >= 11 is 0. The number of amides is 2. The van der Waals surface area contributed by atoms with Crippen LogP contribution in [0, 0.1) is 11.8 Å². The molecule has 1 saturated heterocycles. The predicted octanol–water partition coefficient (Wildman–Crippen LogP) is 4.04.